The Labute approximate surface area is 408 Å². The number of aryl methyl sites for hydroxylation is 1. The van der Waals surface area contributed by atoms with E-state index in [4.69, 9.17) is 29.9 Å². The number of hydrogen-bond donors (Lipinski definition) is 0. The van der Waals surface area contributed by atoms with Crippen LogP contribution >= 0.6 is 0 Å². The molecule has 0 spiro atoms. The van der Waals surface area contributed by atoms with E-state index >= 15 is 0 Å². The smallest absolute Gasteiger partial charge is 0.164 e. The predicted octanol–water partition coefficient (Wildman–Crippen LogP) is 14.4. The van der Waals surface area contributed by atoms with Crippen molar-refractivity contribution >= 4 is 0 Å². The molecule has 1 aliphatic carbocycles. The largest absolute Gasteiger partial charge is 0.208 e. The van der Waals surface area contributed by atoms with Gasteiger partial charge in [0.15, 0.2) is 34.9 Å². The van der Waals surface area contributed by atoms with Gasteiger partial charge < -0.3 is 0 Å². The van der Waals surface area contributed by atoms with Gasteiger partial charge in [-0.2, -0.15) is 0 Å². The minimum Gasteiger partial charge on any atom is -0.208 e. The Morgan fingerprint density at radius 1 is 0.243 bits per heavy atom. The van der Waals surface area contributed by atoms with Gasteiger partial charge in [-0.05, 0) is 58.4 Å². The van der Waals surface area contributed by atoms with E-state index in [-0.39, 0.29) is 0 Å². The fraction of sp³-hybridized carbons (Fsp3) is 0.0625. The lowest BCUT2D eigenvalue weighted by Crippen LogP contribution is -2.43. The number of rotatable bonds is 9. The van der Waals surface area contributed by atoms with Crippen molar-refractivity contribution in [2.75, 3.05) is 0 Å². The molecule has 1 aliphatic rings. The molecule has 6 heteroatoms. The lowest BCUT2D eigenvalue weighted by molar-refractivity contribution is 0.587. The number of hydrogen-bond acceptors (Lipinski definition) is 6. The monoisotopic (exact) mass is 898 g/mol. The van der Waals surface area contributed by atoms with Gasteiger partial charge in [-0.1, -0.05) is 243 Å². The van der Waals surface area contributed by atoms with Crippen molar-refractivity contribution in [3.8, 4) is 68.3 Å². The van der Waals surface area contributed by atoms with Crippen LogP contribution in [0.3, 0.4) is 0 Å². The van der Waals surface area contributed by atoms with Crippen LogP contribution in [0.1, 0.15) is 51.4 Å². The van der Waals surface area contributed by atoms with Crippen molar-refractivity contribution in [2.45, 2.75) is 24.7 Å². The molecule has 0 bridgehead atoms. The van der Waals surface area contributed by atoms with Crippen LogP contribution in [0.2, 0.25) is 0 Å². The molecule has 0 radical (unpaired) electrons. The molecule has 0 N–H and O–H groups in total. The Morgan fingerprint density at radius 2 is 0.500 bits per heavy atom. The third-order valence-electron chi connectivity index (χ3n) is 14.0. The predicted molar refractivity (Wildman–Crippen MR) is 281 cm³/mol. The summed E-state index contributed by atoms with van der Waals surface area (Å²) in [7, 11) is 0. The second kappa shape index (κ2) is 17.6. The highest BCUT2D eigenvalue weighted by molar-refractivity contribution is 5.75. The van der Waals surface area contributed by atoms with Crippen LogP contribution in [-0.4, -0.2) is 29.9 Å². The zero-order valence-electron chi connectivity index (χ0n) is 38.8. The minimum atomic E-state index is -0.674. The van der Waals surface area contributed by atoms with Gasteiger partial charge in [0.2, 0.25) is 0 Å². The Hall–Kier alpha value is -9.00. The van der Waals surface area contributed by atoms with Gasteiger partial charge >= 0.3 is 0 Å². The van der Waals surface area contributed by atoms with Crippen molar-refractivity contribution in [2.24, 2.45) is 0 Å². The van der Waals surface area contributed by atoms with E-state index < -0.39 is 10.8 Å². The Morgan fingerprint density at radius 3 is 0.829 bits per heavy atom. The minimum absolute atomic E-state index is 0.534. The third kappa shape index (κ3) is 7.20. The molecule has 0 fully saturated rings. The standard InChI is InChI=1S/C64H46N6/c1-43-21-15-16-30-52(43)64(51-41-37-49(38-42-51)62-69-59(46-26-11-5-12-27-46)66-60(70-62)47-28-13-6-14-29-47)55-33-19-17-31-53(55)63(2,54-32-18-20-34-56(54)64)50-39-35-48(36-40-50)61-67-57(44-22-7-3-8-23-44)65-58(68-61)45-24-9-4-10-25-45/h3-42H,1-2H3. The summed E-state index contributed by atoms with van der Waals surface area (Å²) < 4.78 is 0. The molecule has 0 atom stereocenters. The zero-order valence-corrected chi connectivity index (χ0v) is 38.8. The molecule has 0 aliphatic heterocycles. The number of aromatic nitrogens is 6. The Kier molecular flexibility index (Phi) is 10.6. The summed E-state index contributed by atoms with van der Waals surface area (Å²) in [6, 6.07) is 85.2. The topological polar surface area (TPSA) is 77.3 Å². The number of fused-ring (bicyclic) bond motifs is 2. The fourth-order valence-corrected chi connectivity index (χ4v) is 10.5. The average molecular weight is 899 g/mol. The van der Waals surface area contributed by atoms with E-state index in [1.54, 1.807) is 0 Å². The molecule has 0 unspecified atom stereocenters. The maximum Gasteiger partial charge on any atom is 0.164 e. The van der Waals surface area contributed by atoms with Crippen LogP contribution in [0.15, 0.2) is 243 Å². The van der Waals surface area contributed by atoms with Gasteiger partial charge in [0.05, 0.1) is 5.41 Å². The second-order valence-corrected chi connectivity index (χ2v) is 18.0. The Bertz CT molecular complexity index is 3490. The van der Waals surface area contributed by atoms with Gasteiger partial charge in [0.25, 0.3) is 0 Å². The summed E-state index contributed by atoms with van der Waals surface area (Å²) in [5.41, 5.74) is 14.1. The second-order valence-electron chi connectivity index (χ2n) is 18.0. The highest BCUT2D eigenvalue weighted by atomic mass is 15.0. The lowest BCUT2D eigenvalue weighted by atomic mass is 9.52. The summed E-state index contributed by atoms with van der Waals surface area (Å²) in [5.74, 6) is 3.79. The summed E-state index contributed by atoms with van der Waals surface area (Å²) >= 11 is 0. The van der Waals surface area contributed by atoms with Crippen molar-refractivity contribution in [1.82, 2.24) is 29.9 Å². The first-order valence-corrected chi connectivity index (χ1v) is 23.7. The summed E-state index contributed by atoms with van der Waals surface area (Å²) in [5, 5.41) is 0. The van der Waals surface area contributed by atoms with Crippen LogP contribution in [0.25, 0.3) is 68.3 Å². The van der Waals surface area contributed by atoms with Gasteiger partial charge in [0.1, 0.15) is 0 Å². The van der Waals surface area contributed by atoms with Crippen LogP contribution in [0.4, 0.5) is 0 Å². The average Bonchev–Trinajstić information content (AvgIpc) is 3.45. The normalized spacial score (nSPS) is 16.0. The SMILES string of the molecule is Cc1ccccc1C1(c2ccc(-c3nc(-c4ccccc4)nc(-c4ccccc4)n3)cc2)c2ccccc2C(C)(c2ccc(-c3nc(-c4ccccc4)nc(-c4ccccc4)n3)cc2)c2ccccc21. The first kappa shape index (κ1) is 42.4. The molecule has 332 valence electrons. The van der Waals surface area contributed by atoms with Crippen LogP contribution in [0.5, 0.6) is 0 Å². The molecule has 6 nitrogen and oxygen atoms in total. The van der Waals surface area contributed by atoms with Crippen molar-refractivity contribution < 1.29 is 0 Å². The molecule has 2 heterocycles. The van der Waals surface area contributed by atoms with E-state index in [0.29, 0.717) is 34.9 Å². The molecule has 0 saturated heterocycles. The highest BCUT2D eigenvalue weighted by Gasteiger charge is 2.51. The Balaban J connectivity index is 1.01. The van der Waals surface area contributed by atoms with E-state index in [2.05, 4.69) is 135 Å². The first-order valence-electron chi connectivity index (χ1n) is 23.7. The lowest BCUT2D eigenvalue weighted by Gasteiger charge is -2.49. The highest BCUT2D eigenvalue weighted by Crippen LogP contribution is 2.58. The molecule has 2 aromatic heterocycles. The first-order chi connectivity index (χ1) is 34.5. The fourth-order valence-electron chi connectivity index (χ4n) is 10.5. The van der Waals surface area contributed by atoms with E-state index in [9.17, 15) is 0 Å². The molecular weight excluding hydrogens is 853 g/mol. The molecular formula is C64H46N6. The van der Waals surface area contributed by atoms with Crippen LogP contribution < -0.4 is 0 Å². The van der Waals surface area contributed by atoms with Gasteiger partial charge in [-0.3, -0.25) is 0 Å². The van der Waals surface area contributed by atoms with Gasteiger partial charge in [-0.25, -0.2) is 29.9 Å². The quantitative estimate of drug-likeness (QED) is 0.144. The maximum atomic E-state index is 5.08. The molecule has 70 heavy (non-hydrogen) atoms. The number of benzene rings is 9. The maximum absolute atomic E-state index is 5.08. The molecule has 11 aromatic rings. The third-order valence-corrected chi connectivity index (χ3v) is 14.0. The number of nitrogens with zero attached hydrogens (tertiary/aromatic N) is 6. The van der Waals surface area contributed by atoms with E-state index in [0.717, 1.165) is 38.9 Å². The van der Waals surface area contributed by atoms with Crippen LogP contribution in [0, 0.1) is 6.92 Å². The van der Waals surface area contributed by atoms with Crippen molar-refractivity contribution in [3.05, 3.63) is 287 Å². The molecule has 0 saturated carbocycles. The van der Waals surface area contributed by atoms with E-state index in [1.165, 1.54) is 38.9 Å². The van der Waals surface area contributed by atoms with Crippen molar-refractivity contribution in [3.63, 3.8) is 0 Å². The molecule has 12 rings (SSSR count). The summed E-state index contributed by atoms with van der Waals surface area (Å²) in [4.78, 5) is 30.2. The van der Waals surface area contributed by atoms with Gasteiger partial charge in [-0.15, -0.1) is 0 Å². The van der Waals surface area contributed by atoms with E-state index in [1.807, 2.05) is 121 Å². The molecule has 9 aromatic carbocycles. The van der Waals surface area contributed by atoms with Crippen molar-refractivity contribution in [1.29, 1.82) is 0 Å². The molecule has 0 amide bonds. The van der Waals surface area contributed by atoms with Gasteiger partial charge in [0, 0.05) is 38.8 Å². The van der Waals surface area contributed by atoms with Crippen LogP contribution in [-0.2, 0) is 10.8 Å². The zero-order chi connectivity index (χ0) is 47.1. The summed E-state index contributed by atoms with van der Waals surface area (Å²) in [6.07, 6.45) is 0. The summed E-state index contributed by atoms with van der Waals surface area (Å²) in [6.45, 7) is 4.61.